The summed E-state index contributed by atoms with van der Waals surface area (Å²) in [5.74, 6) is 0. The molecule has 0 N–H and O–H groups in total. The van der Waals surface area contributed by atoms with Crippen LogP contribution in [0, 0.1) is 14.9 Å². The molecular weight excluding hydrogens is 727 g/mol. The standard InChI is InChI=1S/2C20H17O.2CH3.2ClH.Si.Zr/c2*1-20(11-6-12-21-20)17-13-16-9-5-10-18(19(16)14-17)15-7-3-2-4-8-15;;;;;;/h2*2-10,12-14H,11H2,1H3;2*1H3;2*1H;;/q4*-1;;;;. The predicted octanol–water partition coefficient (Wildman–Crippen LogP) is 12.1. The average Bonchev–Trinajstić information content (AvgIpc) is 3.89. The minimum atomic E-state index is -0.215. The van der Waals surface area contributed by atoms with E-state index in [-0.39, 0.29) is 50.9 Å². The Labute approximate surface area is 316 Å². The molecule has 0 aromatic heterocycles. The predicted molar refractivity (Wildman–Crippen MR) is 207 cm³/mol. The number of rotatable bonds is 4. The van der Waals surface area contributed by atoms with E-state index in [1.807, 2.05) is 12.5 Å². The maximum atomic E-state index is 5.82. The van der Waals surface area contributed by atoms with E-state index in [9.17, 15) is 0 Å². The van der Waals surface area contributed by atoms with E-state index in [4.69, 9.17) is 9.47 Å². The molecule has 0 fully saturated rings. The van der Waals surface area contributed by atoms with Crippen LogP contribution in [-0.2, 0) is 44.0 Å². The first kappa shape index (κ1) is 41.0. The summed E-state index contributed by atoms with van der Waals surface area (Å²) in [6, 6.07) is 43.2. The summed E-state index contributed by atoms with van der Waals surface area (Å²) in [4.78, 5) is 0. The maximum absolute atomic E-state index is 5.82. The third-order valence-electron chi connectivity index (χ3n) is 8.76. The van der Waals surface area contributed by atoms with Crippen molar-refractivity contribution in [3.63, 3.8) is 0 Å². The molecule has 0 saturated heterocycles. The molecular formula is C42H42Cl2O2SiZr-4. The van der Waals surface area contributed by atoms with Gasteiger partial charge in [-0.1, -0.05) is 95.1 Å². The fourth-order valence-corrected chi connectivity index (χ4v) is 6.23. The number of fused-ring (bicyclic) bond motifs is 2. The first-order chi connectivity index (χ1) is 21.5. The van der Waals surface area contributed by atoms with E-state index in [2.05, 4.69) is 154 Å². The van der Waals surface area contributed by atoms with Gasteiger partial charge in [0.15, 0.2) is 0 Å². The van der Waals surface area contributed by atoms with Crippen LogP contribution in [0.15, 0.2) is 146 Å². The molecule has 8 rings (SSSR count). The normalized spacial score (nSPS) is 18.3. The molecule has 0 spiro atoms. The molecule has 6 aromatic rings. The first-order valence-electron chi connectivity index (χ1n) is 14.9. The summed E-state index contributed by atoms with van der Waals surface area (Å²) in [6.45, 7) is 7.37. The van der Waals surface area contributed by atoms with Crippen molar-refractivity contribution in [2.75, 3.05) is 0 Å². The second kappa shape index (κ2) is 18.0. The van der Waals surface area contributed by atoms with Crippen LogP contribution in [0.1, 0.15) is 37.8 Å². The number of ether oxygens (including phenoxy) is 2. The van der Waals surface area contributed by atoms with Gasteiger partial charge in [-0.05, 0) is 37.1 Å². The van der Waals surface area contributed by atoms with Crippen molar-refractivity contribution in [2.45, 2.75) is 37.9 Å². The zero-order chi connectivity index (χ0) is 30.6. The van der Waals surface area contributed by atoms with E-state index in [0.717, 1.165) is 12.8 Å². The first-order valence-corrected chi connectivity index (χ1v) is 19.1. The second-order valence-electron chi connectivity index (χ2n) is 11.7. The number of halogens is 2. The summed E-state index contributed by atoms with van der Waals surface area (Å²) in [5, 5.41) is 5.16. The molecule has 6 aromatic carbocycles. The summed E-state index contributed by atoms with van der Waals surface area (Å²) >= 11 is 1.36. The Morgan fingerprint density at radius 3 is 1.27 bits per heavy atom. The van der Waals surface area contributed by atoms with Crippen LogP contribution in [0.4, 0.5) is 0 Å². The van der Waals surface area contributed by atoms with Crippen molar-refractivity contribution in [2.24, 2.45) is 0 Å². The summed E-state index contributed by atoms with van der Waals surface area (Å²) in [5.41, 5.74) is 7.17. The van der Waals surface area contributed by atoms with E-state index < -0.39 is 0 Å². The van der Waals surface area contributed by atoms with Crippen molar-refractivity contribution >= 4 is 53.2 Å². The number of benzene rings is 4. The quantitative estimate of drug-likeness (QED) is 0.131. The van der Waals surface area contributed by atoms with Gasteiger partial charge in [-0.2, -0.15) is 12.1 Å². The van der Waals surface area contributed by atoms with Gasteiger partial charge in [-0.15, -0.1) is 82.8 Å². The topological polar surface area (TPSA) is 18.5 Å². The third-order valence-corrected chi connectivity index (χ3v) is 8.76. The molecule has 0 aliphatic carbocycles. The Morgan fingerprint density at radius 1 is 0.562 bits per heavy atom. The molecule has 6 heteroatoms. The van der Waals surface area contributed by atoms with Gasteiger partial charge < -0.3 is 24.3 Å². The van der Waals surface area contributed by atoms with Crippen LogP contribution in [0.25, 0.3) is 43.8 Å². The van der Waals surface area contributed by atoms with Gasteiger partial charge in [0.2, 0.25) is 0 Å². The monoisotopic (exact) mass is 766 g/mol. The Bertz CT molecular complexity index is 1790. The Morgan fingerprint density at radius 2 is 0.938 bits per heavy atom. The van der Waals surface area contributed by atoms with Gasteiger partial charge in [-0.3, -0.25) is 0 Å². The van der Waals surface area contributed by atoms with E-state index in [1.54, 1.807) is 0 Å². The molecule has 0 amide bonds. The Hall–Kier alpha value is -3.14. The zero-order valence-electron chi connectivity index (χ0n) is 27.9. The van der Waals surface area contributed by atoms with Crippen molar-refractivity contribution < 1.29 is 32.8 Å². The van der Waals surface area contributed by atoms with E-state index in [1.165, 1.54) is 78.3 Å². The summed E-state index contributed by atoms with van der Waals surface area (Å²) < 4.78 is 11.6. The van der Waals surface area contributed by atoms with Crippen LogP contribution >= 0.6 is 24.8 Å². The van der Waals surface area contributed by atoms with Crippen LogP contribution in [0.5, 0.6) is 0 Å². The average molecular weight is 769 g/mol. The molecule has 2 atom stereocenters. The SMILES string of the molecule is CC1(c2cc3c(-c4ccccc4)cccc3[cH-]2)CC=CO1.CC1(c2cc3c(-c4ccccc4)cccc3[cH-]2)CC=CO1.Cl.Cl.[CH3-].[CH3-].[Si]=[Zr]. The summed E-state index contributed by atoms with van der Waals surface area (Å²) in [6.07, 6.45) is 9.69. The molecule has 2 aliphatic rings. The molecule has 2 heterocycles. The van der Waals surface area contributed by atoms with Crippen molar-refractivity contribution in [1.82, 2.24) is 0 Å². The van der Waals surface area contributed by atoms with Crippen LogP contribution in [0.2, 0.25) is 0 Å². The zero-order valence-corrected chi connectivity index (χ0v) is 33.0. The van der Waals surface area contributed by atoms with E-state index in [0.29, 0.717) is 0 Å². The van der Waals surface area contributed by atoms with Crippen molar-refractivity contribution in [1.29, 1.82) is 0 Å². The van der Waals surface area contributed by atoms with Gasteiger partial charge in [0.05, 0.1) is 12.5 Å². The summed E-state index contributed by atoms with van der Waals surface area (Å²) in [7, 11) is 0. The third kappa shape index (κ3) is 8.35. The van der Waals surface area contributed by atoms with Gasteiger partial charge >= 0.3 is 30.2 Å². The van der Waals surface area contributed by atoms with Gasteiger partial charge in [0.25, 0.3) is 0 Å². The van der Waals surface area contributed by atoms with Crippen molar-refractivity contribution in [3.8, 4) is 22.3 Å². The van der Waals surface area contributed by atoms with Gasteiger partial charge in [0.1, 0.15) is 11.2 Å². The number of hydrogen-bond acceptors (Lipinski definition) is 2. The molecule has 248 valence electrons. The molecule has 2 nitrogen and oxygen atoms in total. The molecule has 2 radical (unpaired) electrons. The molecule has 0 bridgehead atoms. The number of hydrogen-bond donors (Lipinski definition) is 0. The molecule has 0 saturated carbocycles. The minimum absolute atomic E-state index is 0. The molecule has 2 aliphatic heterocycles. The van der Waals surface area contributed by atoms with Crippen LogP contribution in [0.3, 0.4) is 0 Å². The Balaban J connectivity index is 0.000000294. The fourth-order valence-electron chi connectivity index (χ4n) is 6.23. The van der Waals surface area contributed by atoms with Crippen LogP contribution < -0.4 is 0 Å². The second-order valence-corrected chi connectivity index (χ2v) is 11.7. The van der Waals surface area contributed by atoms with Gasteiger partial charge in [0, 0.05) is 12.8 Å². The van der Waals surface area contributed by atoms with Gasteiger partial charge in [-0.25, -0.2) is 0 Å². The Kier molecular flexibility index (Phi) is 15.4. The van der Waals surface area contributed by atoms with Crippen LogP contribution in [-0.4, -0.2) is 6.88 Å². The van der Waals surface area contributed by atoms with E-state index >= 15 is 0 Å². The molecule has 2 unspecified atom stereocenters. The fraction of sp³-hybridized carbons (Fsp3) is 0.143. The van der Waals surface area contributed by atoms with Crippen molar-refractivity contribution in [3.05, 3.63) is 172 Å². The molecule has 48 heavy (non-hydrogen) atoms.